The predicted molar refractivity (Wildman–Crippen MR) is 124 cm³/mol. The fraction of sp³-hybridized carbons (Fsp3) is 0.870. The van der Waals surface area contributed by atoms with Crippen LogP contribution in [0.3, 0.4) is 0 Å². The molecule has 0 aromatic heterocycles. The molecule has 3 aliphatic rings. The molecule has 3 rings (SSSR count). The van der Waals surface area contributed by atoms with Gasteiger partial charge in [0.05, 0.1) is 18.9 Å². The Morgan fingerprint density at radius 2 is 1.32 bits per heavy atom. The van der Waals surface area contributed by atoms with Crippen LogP contribution in [0.15, 0.2) is 0 Å². The molecule has 3 fully saturated rings. The summed E-state index contributed by atoms with van der Waals surface area (Å²) in [4.78, 5) is 45.4. The Kier molecular flexibility index (Phi) is 8.74. The lowest BCUT2D eigenvalue weighted by Crippen LogP contribution is -2.47. The quantitative estimate of drug-likeness (QED) is 0.554. The lowest BCUT2D eigenvalue weighted by Gasteiger charge is -2.36. The van der Waals surface area contributed by atoms with E-state index in [1.165, 1.54) is 0 Å². The number of carbonyl (C=O) groups is 3. The summed E-state index contributed by atoms with van der Waals surface area (Å²) >= 11 is 0. The maximum atomic E-state index is 13.5. The van der Waals surface area contributed by atoms with Crippen molar-refractivity contribution in [2.45, 2.75) is 64.5 Å². The molecule has 176 valence electrons. The van der Waals surface area contributed by atoms with Crippen molar-refractivity contribution in [3.63, 3.8) is 0 Å². The van der Waals surface area contributed by atoms with Crippen LogP contribution in [0.2, 0.25) is 0 Å². The predicted octanol–water partition coefficient (Wildman–Crippen LogP) is 2.15. The molecule has 7 nitrogen and oxygen atoms in total. The van der Waals surface area contributed by atoms with E-state index in [4.69, 9.17) is 4.74 Å². The van der Waals surface area contributed by atoms with E-state index in [0.717, 1.165) is 58.3 Å². The molecule has 31 heavy (non-hydrogen) atoms. The van der Waals surface area contributed by atoms with Crippen LogP contribution in [-0.4, -0.2) is 90.6 Å². The second-order valence-corrected chi connectivity index (χ2v) is 10.8. The maximum Gasteiger partial charge on any atom is 0.229 e. The van der Waals surface area contributed by atoms with Crippen molar-refractivity contribution in [1.29, 1.82) is 0 Å². The van der Waals surface area contributed by atoms with E-state index < -0.39 is 5.41 Å². The molecule has 3 atom stereocenters. The Balaban J connectivity index is 1.71. The number of ether oxygens (including phenoxy) is 1. The summed E-state index contributed by atoms with van der Waals surface area (Å²) in [6.45, 7) is 9.47. The molecule has 0 aliphatic carbocycles. The Morgan fingerprint density at radius 3 is 1.94 bits per heavy atom. The van der Waals surface area contributed by atoms with Crippen molar-refractivity contribution >= 4 is 27.0 Å². The van der Waals surface area contributed by atoms with E-state index >= 15 is 0 Å². The zero-order chi connectivity index (χ0) is 22.4. The van der Waals surface area contributed by atoms with Crippen LogP contribution in [0.5, 0.6) is 0 Å². The Morgan fingerprint density at radius 1 is 0.806 bits per heavy atom. The molecule has 0 radical (unpaired) electrons. The normalized spacial score (nSPS) is 22.4. The number of piperidine rings is 1. The van der Waals surface area contributed by atoms with Crippen LogP contribution in [0, 0.1) is 11.3 Å². The minimum atomic E-state index is -0.618. The average Bonchev–Trinajstić information content (AvgIpc) is 3.33. The number of nitrogens with zero attached hydrogens (tertiary/aromatic N) is 3. The summed E-state index contributed by atoms with van der Waals surface area (Å²) in [7, 11) is 2.67. The fourth-order valence-electron chi connectivity index (χ4n) is 5.12. The fourth-order valence-corrected chi connectivity index (χ4v) is 5.66. The molecule has 0 aromatic rings. The monoisotopic (exact) mass is 453 g/mol. The van der Waals surface area contributed by atoms with Gasteiger partial charge >= 0.3 is 0 Å². The summed E-state index contributed by atoms with van der Waals surface area (Å²) in [5.74, 6) is -0.00829. The van der Waals surface area contributed by atoms with Gasteiger partial charge in [-0.3, -0.25) is 14.4 Å². The van der Waals surface area contributed by atoms with Gasteiger partial charge in [0.1, 0.15) is 0 Å². The Bertz CT molecular complexity index is 639. The topological polar surface area (TPSA) is 70.2 Å². The molecule has 0 N–H and O–H groups in total. The number of morpholine rings is 1. The standard InChI is InChI=1S/C23H40N3O4P/c1-23(2,22(29)26-10-6-7-11-26)17-18(20(27)24-8-4-3-5-9-24)16-19(31)21(28)25-12-14-30-15-13-25/h18-19H,3-17,31H2,1-2H3. The lowest BCUT2D eigenvalue weighted by atomic mass is 9.79. The van der Waals surface area contributed by atoms with Crippen LogP contribution in [-0.2, 0) is 19.1 Å². The number of amides is 3. The minimum absolute atomic E-state index is 0.0634. The first-order chi connectivity index (χ1) is 14.8. The van der Waals surface area contributed by atoms with Gasteiger partial charge in [-0.25, -0.2) is 0 Å². The van der Waals surface area contributed by atoms with Gasteiger partial charge in [-0.1, -0.05) is 13.8 Å². The zero-order valence-corrected chi connectivity index (χ0v) is 20.5. The first-order valence-corrected chi connectivity index (χ1v) is 12.7. The first kappa shape index (κ1) is 24.4. The SMILES string of the molecule is CC(C)(CC(CC(P)C(=O)N1CCOCC1)C(=O)N1CCCCC1)C(=O)N1CCCC1. The number of hydrogen-bond donors (Lipinski definition) is 0. The molecule has 3 aliphatic heterocycles. The molecule has 3 saturated heterocycles. The zero-order valence-electron chi connectivity index (χ0n) is 19.3. The second-order valence-electron chi connectivity index (χ2n) is 9.95. The van der Waals surface area contributed by atoms with Gasteiger partial charge in [-0.15, -0.1) is 9.24 Å². The van der Waals surface area contributed by atoms with E-state index in [0.29, 0.717) is 39.1 Å². The smallest absolute Gasteiger partial charge is 0.229 e. The molecule has 3 amide bonds. The molecule has 3 unspecified atom stereocenters. The van der Waals surface area contributed by atoms with Gasteiger partial charge in [-0.2, -0.15) is 0 Å². The number of likely N-dealkylation sites (tertiary alicyclic amines) is 2. The summed E-state index contributed by atoms with van der Waals surface area (Å²) in [6.07, 6.45) is 6.29. The van der Waals surface area contributed by atoms with Crippen molar-refractivity contribution in [1.82, 2.24) is 14.7 Å². The van der Waals surface area contributed by atoms with Crippen molar-refractivity contribution in [2.75, 3.05) is 52.5 Å². The third kappa shape index (κ3) is 6.41. The maximum absolute atomic E-state index is 13.5. The van der Waals surface area contributed by atoms with Crippen LogP contribution < -0.4 is 0 Å². The van der Waals surface area contributed by atoms with Crippen molar-refractivity contribution in [3.05, 3.63) is 0 Å². The lowest BCUT2D eigenvalue weighted by molar-refractivity contribution is -0.143. The number of hydrogen-bond acceptors (Lipinski definition) is 4. The van der Waals surface area contributed by atoms with Gasteiger partial charge in [0.25, 0.3) is 0 Å². The van der Waals surface area contributed by atoms with Crippen molar-refractivity contribution in [2.24, 2.45) is 11.3 Å². The molecule has 0 bridgehead atoms. The number of carbonyl (C=O) groups excluding carboxylic acids is 3. The molecule has 3 heterocycles. The molecule has 0 spiro atoms. The van der Waals surface area contributed by atoms with Crippen LogP contribution in [0.4, 0.5) is 0 Å². The number of rotatable bonds is 7. The largest absolute Gasteiger partial charge is 0.378 e. The highest BCUT2D eigenvalue weighted by Crippen LogP contribution is 2.34. The van der Waals surface area contributed by atoms with Gasteiger partial charge in [0.15, 0.2) is 0 Å². The van der Waals surface area contributed by atoms with E-state index in [-0.39, 0.29) is 29.3 Å². The summed E-state index contributed by atoms with van der Waals surface area (Å²) in [5, 5.41) is 0. The Hall–Kier alpha value is -1.20. The average molecular weight is 454 g/mol. The van der Waals surface area contributed by atoms with Gasteiger partial charge in [0, 0.05) is 50.6 Å². The Labute approximate surface area is 189 Å². The van der Waals surface area contributed by atoms with Gasteiger partial charge in [0.2, 0.25) is 17.7 Å². The van der Waals surface area contributed by atoms with Crippen LogP contribution in [0.25, 0.3) is 0 Å². The van der Waals surface area contributed by atoms with Gasteiger partial charge < -0.3 is 19.4 Å². The summed E-state index contributed by atoms with van der Waals surface area (Å²) < 4.78 is 5.37. The van der Waals surface area contributed by atoms with E-state index in [1.807, 2.05) is 28.5 Å². The summed E-state index contributed by atoms with van der Waals surface area (Å²) in [5.41, 5.74) is -0.943. The van der Waals surface area contributed by atoms with Crippen LogP contribution >= 0.6 is 9.24 Å². The molecule has 0 saturated carbocycles. The minimum Gasteiger partial charge on any atom is -0.378 e. The highest BCUT2D eigenvalue weighted by Gasteiger charge is 2.40. The summed E-state index contributed by atoms with van der Waals surface area (Å²) in [6, 6.07) is 0. The van der Waals surface area contributed by atoms with Crippen molar-refractivity contribution < 1.29 is 19.1 Å². The van der Waals surface area contributed by atoms with Gasteiger partial charge in [-0.05, 0) is 44.9 Å². The highest BCUT2D eigenvalue weighted by atomic mass is 31.0. The van der Waals surface area contributed by atoms with E-state index in [2.05, 4.69) is 9.24 Å². The van der Waals surface area contributed by atoms with Crippen LogP contribution in [0.1, 0.15) is 58.8 Å². The van der Waals surface area contributed by atoms with E-state index in [1.54, 1.807) is 0 Å². The molecular formula is C23H40N3O4P. The molecule has 8 heteroatoms. The van der Waals surface area contributed by atoms with E-state index in [9.17, 15) is 14.4 Å². The molecular weight excluding hydrogens is 413 g/mol. The van der Waals surface area contributed by atoms with Crippen molar-refractivity contribution in [3.8, 4) is 0 Å². The first-order valence-electron chi connectivity index (χ1n) is 12.0. The second kappa shape index (κ2) is 11.1. The molecule has 0 aromatic carbocycles. The third-order valence-corrected chi connectivity index (χ3v) is 7.48. The highest BCUT2D eigenvalue weighted by molar-refractivity contribution is 7.19. The third-order valence-electron chi connectivity index (χ3n) is 6.92.